The number of aromatic nitrogens is 2. The van der Waals surface area contributed by atoms with E-state index in [1.54, 1.807) is 7.11 Å². The topological polar surface area (TPSA) is 71.2 Å². The molecule has 3 aliphatic rings. The maximum Gasteiger partial charge on any atom is 0.230 e. The molecule has 214 valence electrons. The molecule has 0 unspecified atom stereocenters. The Kier molecular flexibility index (Phi) is 8.14. The molecular weight excluding hydrogens is 508 g/mol. The first-order valence-electron chi connectivity index (χ1n) is 15.5. The van der Waals surface area contributed by atoms with Gasteiger partial charge in [0.05, 0.1) is 25.4 Å². The molecule has 0 radical (unpaired) electrons. The highest BCUT2D eigenvalue weighted by molar-refractivity contribution is 5.95. The van der Waals surface area contributed by atoms with Crippen LogP contribution in [0.25, 0.3) is 11.1 Å². The van der Waals surface area contributed by atoms with Crippen LogP contribution in [0.4, 0.5) is 5.69 Å². The predicted octanol–water partition coefficient (Wildman–Crippen LogP) is 7.84. The molecule has 6 nitrogen and oxygen atoms in total. The summed E-state index contributed by atoms with van der Waals surface area (Å²) in [4.78, 5) is 16.2. The number of methoxy groups -OCH3 is 1. The van der Waals surface area contributed by atoms with Gasteiger partial charge in [0.1, 0.15) is 5.75 Å². The van der Waals surface area contributed by atoms with Gasteiger partial charge in [0, 0.05) is 35.8 Å². The average Bonchev–Trinajstić information content (AvgIpc) is 3.75. The van der Waals surface area contributed by atoms with E-state index in [4.69, 9.17) is 4.74 Å². The summed E-state index contributed by atoms with van der Waals surface area (Å²) in [6, 6.07) is 18.1. The van der Waals surface area contributed by atoms with Crippen molar-refractivity contribution in [3.63, 3.8) is 0 Å². The molecule has 6 heteroatoms. The highest BCUT2D eigenvalue weighted by atomic mass is 16.5. The fourth-order valence-corrected chi connectivity index (χ4v) is 6.98. The van der Waals surface area contributed by atoms with Gasteiger partial charge in [0.25, 0.3) is 0 Å². The van der Waals surface area contributed by atoms with E-state index >= 15 is 0 Å². The quantitative estimate of drug-likeness (QED) is 0.286. The lowest BCUT2D eigenvalue weighted by atomic mass is 9.77. The summed E-state index contributed by atoms with van der Waals surface area (Å²) in [6.45, 7) is 2.88. The van der Waals surface area contributed by atoms with E-state index < -0.39 is 0 Å². The van der Waals surface area contributed by atoms with Gasteiger partial charge in [-0.1, -0.05) is 24.3 Å². The summed E-state index contributed by atoms with van der Waals surface area (Å²) >= 11 is 0. The number of hydrogen-bond acceptors (Lipinski definition) is 4. The molecule has 3 aliphatic carbocycles. The van der Waals surface area contributed by atoms with E-state index in [0.29, 0.717) is 17.9 Å². The Balaban J connectivity index is 1.19. The van der Waals surface area contributed by atoms with E-state index in [1.807, 2.05) is 6.20 Å². The van der Waals surface area contributed by atoms with Gasteiger partial charge in [-0.25, -0.2) is 0 Å². The molecule has 0 spiro atoms. The van der Waals surface area contributed by atoms with E-state index in [9.17, 15) is 10.1 Å². The first-order chi connectivity index (χ1) is 20.0. The van der Waals surface area contributed by atoms with Crippen LogP contribution >= 0.6 is 0 Å². The number of anilines is 1. The Bertz CT molecular complexity index is 1400. The zero-order valence-corrected chi connectivity index (χ0v) is 24.5. The number of amides is 1. The third kappa shape index (κ3) is 6.20. The third-order valence-electron chi connectivity index (χ3n) is 9.72. The molecule has 0 atom stereocenters. The van der Waals surface area contributed by atoms with Crippen molar-refractivity contribution in [1.82, 2.24) is 9.78 Å². The second-order valence-corrected chi connectivity index (χ2v) is 12.6. The Morgan fingerprint density at radius 2 is 1.78 bits per heavy atom. The minimum atomic E-state index is -0.000476. The summed E-state index contributed by atoms with van der Waals surface area (Å²) in [5.41, 5.74) is 5.80. The lowest BCUT2D eigenvalue weighted by Crippen LogP contribution is -2.41. The van der Waals surface area contributed by atoms with Crippen LogP contribution in [0.5, 0.6) is 5.75 Å². The van der Waals surface area contributed by atoms with Gasteiger partial charge in [0.2, 0.25) is 5.91 Å². The Morgan fingerprint density at radius 3 is 2.46 bits per heavy atom. The van der Waals surface area contributed by atoms with E-state index in [0.717, 1.165) is 80.5 Å². The van der Waals surface area contributed by atoms with Gasteiger partial charge < -0.3 is 9.64 Å². The molecule has 3 saturated carbocycles. The van der Waals surface area contributed by atoms with Crippen LogP contribution < -0.4 is 9.64 Å². The summed E-state index contributed by atoms with van der Waals surface area (Å²) in [5, 5.41) is 14.0. The molecule has 0 N–H and O–H groups in total. The zero-order valence-electron chi connectivity index (χ0n) is 24.5. The van der Waals surface area contributed by atoms with Gasteiger partial charge in [-0.3, -0.25) is 9.48 Å². The van der Waals surface area contributed by atoms with E-state index in [1.165, 1.54) is 24.0 Å². The number of nitriles is 1. The van der Waals surface area contributed by atoms with Crippen molar-refractivity contribution in [2.24, 2.45) is 17.8 Å². The maximum atomic E-state index is 14.1. The second kappa shape index (κ2) is 12.1. The summed E-state index contributed by atoms with van der Waals surface area (Å²) in [7, 11) is 1.73. The Hall–Kier alpha value is -3.59. The minimum Gasteiger partial charge on any atom is -0.496 e. The number of ether oxygens (including phenoxy) is 1. The standard InChI is InChI=1S/C35H42N4O2/c1-24-18-30(14-17-34(24)41-2)27-10-8-26(9-11-27)22-38(35(40)28-12-6-25(20-36)7-13-28)33-5-3-4-29(19-33)31-21-37-39(23-31)32-15-16-32/h3-5,14,17-19,21,23,25-28,32H,6-13,15-16,22H2,1-2H3/t25-,26-,27-,28-. The van der Waals surface area contributed by atoms with E-state index in [2.05, 4.69) is 76.3 Å². The predicted molar refractivity (Wildman–Crippen MR) is 162 cm³/mol. The van der Waals surface area contributed by atoms with Crippen molar-refractivity contribution in [3.05, 3.63) is 66.0 Å². The van der Waals surface area contributed by atoms with Crippen LogP contribution in [-0.2, 0) is 4.79 Å². The van der Waals surface area contributed by atoms with Crippen molar-refractivity contribution >= 4 is 11.6 Å². The molecule has 3 fully saturated rings. The fraction of sp³-hybridized carbons (Fsp3) is 0.514. The molecule has 0 saturated heterocycles. The normalized spacial score (nSPS) is 24.4. The summed E-state index contributed by atoms with van der Waals surface area (Å²) < 4.78 is 7.55. The lowest BCUT2D eigenvalue weighted by molar-refractivity contribution is -0.123. The molecule has 41 heavy (non-hydrogen) atoms. The minimum absolute atomic E-state index is 0.000476. The number of hydrogen-bond donors (Lipinski definition) is 0. The fourth-order valence-electron chi connectivity index (χ4n) is 6.98. The SMILES string of the molecule is COc1ccc([C@H]2CC[C@H](CN(c3cccc(-c4cnn(C5CC5)c4)c3)C(=O)[C@H]3CC[C@H](C#N)CC3)CC2)cc1C. The van der Waals surface area contributed by atoms with Crippen LogP contribution in [0.1, 0.15) is 87.3 Å². The van der Waals surface area contributed by atoms with Crippen molar-refractivity contribution < 1.29 is 9.53 Å². The van der Waals surface area contributed by atoms with E-state index in [-0.39, 0.29) is 17.7 Å². The number of carbonyl (C=O) groups is 1. The summed E-state index contributed by atoms with van der Waals surface area (Å²) in [5.74, 6) is 2.32. The molecule has 1 amide bonds. The molecule has 3 aromatic rings. The molecule has 1 heterocycles. The average molecular weight is 551 g/mol. The number of benzene rings is 2. The number of carbonyl (C=O) groups excluding carboxylic acids is 1. The number of aryl methyl sites for hydroxylation is 1. The third-order valence-corrected chi connectivity index (χ3v) is 9.72. The molecule has 0 aliphatic heterocycles. The highest BCUT2D eigenvalue weighted by Gasteiger charge is 2.33. The van der Waals surface area contributed by atoms with Gasteiger partial charge in [-0.05, 0) is 118 Å². The Morgan fingerprint density at radius 1 is 1.00 bits per heavy atom. The lowest BCUT2D eigenvalue weighted by Gasteiger charge is -2.36. The van der Waals surface area contributed by atoms with Crippen LogP contribution in [0, 0.1) is 36.0 Å². The Labute approximate surface area is 244 Å². The van der Waals surface area contributed by atoms with Crippen molar-refractivity contribution in [2.45, 2.75) is 83.1 Å². The van der Waals surface area contributed by atoms with Crippen LogP contribution in [0.2, 0.25) is 0 Å². The molecule has 0 bridgehead atoms. The monoisotopic (exact) mass is 550 g/mol. The van der Waals surface area contributed by atoms with Crippen LogP contribution in [0.15, 0.2) is 54.9 Å². The van der Waals surface area contributed by atoms with Crippen molar-refractivity contribution in [1.29, 1.82) is 5.26 Å². The van der Waals surface area contributed by atoms with Gasteiger partial charge in [-0.2, -0.15) is 10.4 Å². The highest BCUT2D eigenvalue weighted by Crippen LogP contribution is 2.40. The number of nitrogens with zero attached hydrogens (tertiary/aromatic N) is 4. The van der Waals surface area contributed by atoms with Crippen molar-refractivity contribution in [3.8, 4) is 22.9 Å². The second-order valence-electron chi connectivity index (χ2n) is 12.6. The summed E-state index contributed by atoms with van der Waals surface area (Å²) in [6.07, 6.45) is 14.3. The first kappa shape index (κ1) is 27.6. The van der Waals surface area contributed by atoms with Crippen LogP contribution in [0.3, 0.4) is 0 Å². The molecule has 2 aromatic carbocycles. The van der Waals surface area contributed by atoms with Gasteiger partial charge in [0.15, 0.2) is 0 Å². The molecule has 6 rings (SSSR count). The molecule has 1 aromatic heterocycles. The first-order valence-corrected chi connectivity index (χ1v) is 15.5. The zero-order chi connectivity index (χ0) is 28.3. The van der Waals surface area contributed by atoms with Crippen LogP contribution in [-0.4, -0.2) is 29.3 Å². The van der Waals surface area contributed by atoms with Gasteiger partial charge >= 0.3 is 0 Å². The maximum absolute atomic E-state index is 14.1. The van der Waals surface area contributed by atoms with Gasteiger partial charge in [-0.15, -0.1) is 0 Å². The van der Waals surface area contributed by atoms with Crippen molar-refractivity contribution in [2.75, 3.05) is 18.6 Å². The number of rotatable bonds is 8. The molecular formula is C35H42N4O2. The largest absolute Gasteiger partial charge is 0.496 e. The smallest absolute Gasteiger partial charge is 0.230 e.